The van der Waals surface area contributed by atoms with E-state index < -0.39 is 0 Å². The first-order valence-corrected chi connectivity index (χ1v) is 10.6. The Morgan fingerprint density at radius 1 is 1.07 bits per heavy atom. The SMILES string of the molecule is O=C(NCCc1ccccc1)c1ccc([C@H]2SCC(=O)N2Cc2ccco2)cc1. The maximum atomic E-state index is 12.4. The zero-order valence-corrected chi connectivity index (χ0v) is 16.7. The van der Waals surface area contributed by atoms with Crippen LogP contribution >= 0.6 is 11.8 Å². The van der Waals surface area contributed by atoms with Crippen molar-refractivity contribution in [2.75, 3.05) is 12.3 Å². The summed E-state index contributed by atoms with van der Waals surface area (Å²) in [4.78, 5) is 26.5. The first kappa shape index (κ1) is 19.3. The number of nitrogens with one attached hydrogen (secondary N) is 1. The summed E-state index contributed by atoms with van der Waals surface area (Å²) >= 11 is 1.59. The van der Waals surface area contributed by atoms with Gasteiger partial charge in [-0.2, -0.15) is 0 Å². The van der Waals surface area contributed by atoms with Gasteiger partial charge in [-0.3, -0.25) is 9.59 Å². The van der Waals surface area contributed by atoms with Crippen LogP contribution in [0.1, 0.15) is 32.6 Å². The highest BCUT2D eigenvalue weighted by Crippen LogP contribution is 2.39. The van der Waals surface area contributed by atoms with E-state index in [4.69, 9.17) is 4.42 Å². The van der Waals surface area contributed by atoms with Gasteiger partial charge in [0.05, 0.1) is 18.6 Å². The van der Waals surface area contributed by atoms with Crippen molar-refractivity contribution in [2.24, 2.45) is 0 Å². The molecule has 2 heterocycles. The fourth-order valence-electron chi connectivity index (χ4n) is 3.34. The number of nitrogens with zero attached hydrogens (tertiary/aromatic N) is 1. The van der Waals surface area contributed by atoms with Crippen LogP contribution in [0.25, 0.3) is 0 Å². The number of carbonyl (C=O) groups excluding carboxylic acids is 2. The van der Waals surface area contributed by atoms with Crippen LogP contribution in [0.4, 0.5) is 0 Å². The van der Waals surface area contributed by atoms with Gasteiger partial charge >= 0.3 is 0 Å². The molecule has 0 bridgehead atoms. The molecule has 0 saturated carbocycles. The minimum Gasteiger partial charge on any atom is -0.467 e. The minimum atomic E-state index is -0.0879. The van der Waals surface area contributed by atoms with Crippen molar-refractivity contribution in [2.45, 2.75) is 18.3 Å². The molecule has 4 rings (SSSR count). The summed E-state index contributed by atoms with van der Waals surface area (Å²) in [6.45, 7) is 1.04. The van der Waals surface area contributed by atoms with Gasteiger partial charge in [0.1, 0.15) is 11.1 Å². The van der Waals surface area contributed by atoms with E-state index in [2.05, 4.69) is 17.4 Å². The van der Waals surface area contributed by atoms with E-state index in [1.165, 1.54) is 5.56 Å². The Kier molecular flexibility index (Phi) is 6.00. The van der Waals surface area contributed by atoms with Crippen molar-refractivity contribution in [1.29, 1.82) is 0 Å². The smallest absolute Gasteiger partial charge is 0.251 e. The Morgan fingerprint density at radius 2 is 1.86 bits per heavy atom. The molecule has 2 aromatic carbocycles. The van der Waals surface area contributed by atoms with E-state index in [9.17, 15) is 9.59 Å². The first-order chi connectivity index (χ1) is 14.2. The minimum absolute atomic E-state index is 0.0669. The number of rotatable bonds is 7. The molecule has 2 amide bonds. The monoisotopic (exact) mass is 406 g/mol. The Morgan fingerprint density at radius 3 is 2.59 bits per heavy atom. The highest BCUT2D eigenvalue weighted by molar-refractivity contribution is 8.00. The largest absolute Gasteiger partial charge is 0.467 e. The summed E-state index contributed by atoms with van der Waals surface area (Å²) in [5.74, 6) is 1.22. The number of thioether (sulfide) groups is 1. The molecule has 1 aliphatic rings. The zero-order chi connectivity index (χ0) is 20.1. The lowest BCUT2D eigenvalue weighted by Gasteiger charge is -2.23. The van der Waals surface area contributed by atoms with Crippen LogP contribution in [0.5, 0.6) is 0 Å². The second kappa shape index (κ2) is 9.01. The van der Waals surface area contributed by atoms with Crippen molar-refractivity contribution >= 4 is 23.6 Å². The third kappa shape index (κ3) is 4.71. The summed E-state index contributed by atoms with van der Waals surface area (Å²) < 4.78 is 5.39. The first-order valence-electron chi connectivity index (χ1n) is 9.56. The third-order valence-corrected chi connectivity index (χ3v) is 6.13. The van der Waals surface area contributed by atoms with E-state index in [1.807, 2.05) is 59.5 Å². The lowest BCUT2D eigenvalue weighted by Crippen LogP contribution is -2.28. The molecule has 1 N–H and O–H groups in total. The molecule has 1 fully saturated rings. The molecule has 6 heteroatoms. The van der Waals surface area contributed by atoms with Gasteiger partial charge in [-0.1, -0.05) is 42.5 Å². The van der Waals surface area contributed by atoms with E-state index in [-0.39, 0.29) is 17.2 Å². The lowest BCUT2D eigenvalue weighted by atomic mass is 10.1. The van der Waals surface area contributed by atoms with Gasteiger partial charge in [-0.25, -0.2) is 0 Å². The van der Waals surface area contributed by atoms with Crippen LogP contribution in [-0.2, 0) is 17.8 Å². The maximum absolute atomic E-state index is 12.4. The van der Waals surface area contributed by atoms with Crippen LogP contribution in [0, 0.1) is 0 Å². The maximum Gasteiger partial charge on any atom is 0.251 e. The molecule has 1 aliphatic heterocycles. The number of benzene rings is 2. The van der Waals surface area contributed by atoms with Crippen LogP contribution in [-0.4, -0.2) is 29.0 Å². The van der Waals surface area contributed by atoms with Crippen molar-refractivity contribution in [3.63, 3.8) is 0 Å². The van der Waals surface area contributed by atoms with Gasteiger partial charge in [0.25, 0.3) is 5.91 Å². The van der Waals surface area contributed by atoms with Gasteiger partial charge in [-0.15, -0.1) is 11.8 Å². The van der Waals surface area contributed by atoms with Crippen LogP contribution < -0.4 is 5.32 Å². The number of carbonyl (C=O) groups is 2. The van der Waals surface area contributed by atoms with Crippen LogP contribution in [0.15, 0.2) is 77.4 Å². The molecular formula is C23H22N2O3S. The molecule has 148 valence electrons. The average Bonchev–Trinajstić information content (AvgIpc) is 3.40. The molecular weight excluding hydrogens is 384 g/mol. The van der Waals surface area contributed by atoms with E-state index in [0.717, 1.165) is 17.7 Å². The molecule has 0 aliphatic carbocycles. The van der Waals surface area contributed by atoms with Crippen molar-refractivity contribution in [3.8, 4) is 0 Å². The number of amides is 2. The molecule has 1 saturated heterocycles. The zero-order valence-electron chi connectivity index (χ0n) is 15.9. The summed E-state index contributed by atoms with van der Waals surface area (Å²) in [5.41, 5.74) is 2.82. The molecule has 0 unspecified atom stereocenters. The number of hydrogen-bond donors (Lipinski definition) is 1. The molecule has 3 aromatic rings. The number of furan rings is 1. The fourth-order valence-corrected chi connectivity index (χ4v) is 4.53. The quantitative estimate of drug-likeness (QED) is 0.644. The lowest BCUT2D eigenvalue weighted by molar-refractivity contribution is -0.128. The second-order valence-electron chi connectivity index (χ2n) is 6.88. The fraction of sp³-hybridized carbons (Fsp3) is 0.217. The van der Waals surface area contributed by atoms with Gasteiger partial charge in [0.2, 0.25) is 5.91 Å². The van der Waals surface area contributed by atoms with Gasteiger partial charge in [0.15, 0.2) is 0 Å². The summed E-state index contributed by atoms with van der Waals surface area (Å²) in [6, 6.07) is 21.3. The van der Waals surface area contributed by atoms with Gasteiger partial charge < -0.3 is 14.6 Å². The normalized spacial score (nSPS) is 16.2. The predicted octanol–water partition coefficient (Wildman–Crippen LogP) is 4.03. The van der Waals surface area contributed by atoms with Crippen molar-refractivity contribution < 1.29 is 14.0 Å². The summed E-state index contributed by atoms with van der Waals surface area (Å²) in [5, 5.41) is 2.89. The molecule has 29 heavy (non-hydrogen) atoms. The predicted molar refractivity (Wildman–Crippen MR) is 113 cm³/mol. The Labute approximate surface area is 174 Å². The van der Waals surface area contributed by atoms with Crippen molar-refractivity contribution in [3.05, 3.63) is 95.4 Å². The highest BCUT2D eigenvalue weighted by atomic mass is 32.2. The van der Waals surface area contributed by atoms with Crippen molar-refractivity contribution in [1.82, 2.24) is 10.2 Å². The Hall–Kier alpha value is -2.99. The topological polar surface area (TPSA) is 62.6 Å². The number of hydrogen-bond acceptors (Lipinski definition) is 4. The van der Waals surface area contributed by atoms with Crippen LogP contribution in [0.3, 0.4) is 0 Å². The van der Waals surface area contributed by atoms with Crippen LogP contribution in [0.2, 0.25) is 0 Å². The van der Waals surface area contributed by atoms with Gasteiger partial charge in [0, 0.05) is 12.1 Å². The van der Waals surface area contributed by atoms with E-state index in [1.54, 1.807) is 18.0 Å². The molecule has 0 spiro atoms. The molecule has 5 nitrogen and oxygen atoms in total. The Balaban J connectivity index is 1.36. The van der Waals surface area contributed by atoms with E-state index in [0.29, 0.717) is 24.4 Å². The molecule has 0 radical (unpaired) electrons. The molecule has 1 aromatic heterocycles. The average molecular weight is 407 g/mol. The highest BCUT2D eigenvalue weighted by Gasteiger charge is 2.33. The molecule has 1 atom stereocenters. The van der Waals surface area contributed by atoms with E-state index >= 15 is 0 Å². The summed E-state index contributed by atoms with van der Waals surface area (Å²) in [6.07, 6.45) is 2.41. The van der Waals surface area contributed by atoms with Gasteiger partial charge in [-0.05, 0) is 41.8 Å². The third-order valence-electron chi connectivity index (χ3n) is 4.87. The standard InChI is InChI=1S/C23H22N2O3S/c26-21-16-29-23(25(21)15-20-7-4-14-28-20)19-10-8-18(9-11-19)22(27)24-13-12-17-5-2-1-3-6-17/h1-11,14,23H,12-13,15-16H2,(H,24,27)/t23-/m1/s1. The Bertz CT molecular complexity index is 956. The second-order valence-corrected chi connectivity index (χ2v) is 7.95. The summed E-state index contributed by atoms with van der Waals surface area (Å²) in [7, 11) is 0.